The van der Waals surface area contributed by atoms with Crippen molar-refractivity contribution in [1.29, 1.82) is 0 Å². The molecule has 238 valence electrons. The van der Waals surface area contributed by atoms with Gasteiger partial charge in [-0.25, -0.2) is 10.2 Å². The lowest BCUT2D eigenvalue weighted by Gasteiger charge is -2.25. The SMILES string of the molecule is CCOC(=O)c1c(CCCOc2cccc3ccccc23)c2cccc3c2n1CCCCOCC1=C3C(C)NN1CCN(C)C. The molecule has 0 fully saturated rings. The largest absolute Gasteiger partial charge is 0.493 e. The molecule has 0 radical (unpaired) electrons. The minimum Gasteiger partial charge on any atom is -0.493 e. The van der Waals surface area contributed by atoms with Crippen molar-refractivity contribution in [3.8, 4) is 5.75 Å². The third kappa shape index (κ3) is 6.45. The van der Waals surface area contributed by atoms with Crippen LogP contribution in [0.3, 0.4) is 0 Å². The van der Waals surface area contributed by atoms with Gasteiger partial charge >= 0.3 is 5.97 Å². The second kappa shape index (κ2) is 14.1. The summed E-state index contributed by atoms with van der Waals surface area (Å²) in [5.74, 6) is 0.635. The first-order valence-corrected chi connectivity index (χ1v) is 16.4. The summed E-state index contributed by atoms with van der Waals surface area (Å²) in [4.78, 5) is 15.9. The first-order chi connectivity index (χ1) is 22.0. The predicted octanol–water partition coefficient (Wildman–Crippen LogP) is 6.27. The van der Waals surface area contributed by atoms with Crippen LogP contribution in [0.2, 0.25) is 0 Å². The van der Waals surface area contributed by atoms with Gasteiger partial charge in [0.05, 0.1) is 37.1 Å². The molecular weight excluding hydrogens is 564 g/mol. The number of hydrogen-bond acceptors (Lipinski definition) is 7. The van der Waals surface area contributed by atoms with Crippen LogP contribution in [-0.4, -0.2) is 80.1 Å². The Hall–Kier alpha value is -3.85. The molecule has 4 aromatic rings. The number of rotatable bonds is 10. The summed E-state index contributed by atoms with van der Waals surface area (Å²) in [5, 5.41) is 5.66. The van der Waals surface area contributed by atoms with Crippen molar-refractivity contribution in [2.24, 2.45) is 0 Å². The van der Waals surface area contributed by atoms with Crippen LogP contribution in [0.4, 0.5) is 0 Å². The monoisotopic (exact) mass is 610 g/mol. The Balaban J connectivity index is 1.40. The Bertz CT molecular complexity index is 1690. The molecule has 3 heterocycles. The summed E-state index contributed by atoms with van der Waals surface area (Å²) in [5.41, 5.74) is 10.1. The van der Waals surface area contributed by atoms with E-state index in [1.807, 2.05) is 31.2 Å². The van der Waals surface area contributed by atoms with E-state index in [-0.39, 0.29) is 12.0 Å². The Kier molecular flexibility index (Phi) is 9.73. The highest BCUT2D eigenvalue weighted by Gasteiger charge is 2.33. The zero-order chi connectivity index (χ0) is 31.3. The van der Waals surface area contributed by atoms with Gasteiger partial charge in [0.15, 0.2) is 0 Å². The molecule has 0 saturated heterocycles. The number of esters is 1. The zero-order valence-electron chi connectivity index (χ0n) is 27.1. The average Bonchev–Trinajstić information content (AvgIpc) is 3.52. The molecule has 0 bridgehead atoms. The molecule has 8 heteroatoms. The van der Waals surface area contributed by atoms with Crippen LogP contribution < -0.4 is 10.2 Å². The van der Waals surface area contributed by atoms with E-state index in [1.54, 1.807) is 0 Å². The molecule has 8 nitrogen and oxygen atoms in total. The minimum absolute atomic E-state index is 0.101. The van der Waals surface area contributed by atoms with Gasteiger partial charge in [-0.05, 0) is 70.6 Å². The Morgan fingerprint density at radius 3 is 2.69 bits per heavy atom. The quantitative estimate of drug-likeness (QED) is 0.168. The van der Waals surface area contributed by atoms with Crippen LogP contribution in [-0.2, 0) is 22.4 Å². The predicted molar refractivity (Wildman–Crippen MR) is 180 cm³/mol. The molecule has 0 amide bonds. The number of benzene rings is 3. The number of aryl methyl sites for hydroxylation is 2. The van der Waals surface area contributed by atoms with Crippen molar-refractivity contribution >= 4 is 33.2 Å². The molecule has 0 aliphatic carbocycles. The second-order valence-electron chi connectivity index (χ2n) is 12.3. The number of carbonyl (C=O) groups excluding carboxylic acids is 1. The van der Waals surface area contributed by atoms with Crippen LogP contribution >= 0.6 is 0 Å². The fourth-order valence-corrected chi connectivity index (χ4v) is 6.82. The molecule has 0 spiro atoms. The number of para-hydroxylation sites is 1. The number of hydrazine groups is 1. The Morgan fingerprint density at radius 2 is 1.84 bits per heavy atom. The topological polar surface area (TPSA) is 68.2 Å². The summed E-state index contributed by atoms with van der Waals surface area (Å²) in [7, 11) is 4.20. The van der Waals surface area contributed by atoms with Crippen LogP contribution in [0, 0.1) is 0 Å². The van der Waals surface area contributed by atoms with Crippen LogP contribution in [0.15, 0.2) is 66.4 Å². The van der Waals surface area contributed by atoms with Crippen LogP contribution in [0.1, 0.15) is 54.7 Å². The third-order valence-electron chi connectivity index (χ3n) is 8.87. The fourth-order valence-electron chi connectivity index (χ4n) is 6.82. The molecule has 3 aromatic carbocycles. The van der Waals surface area contributed by atoms with Crippen molar-refractivity contribution in [3.05, 3.63) is 83.2 Å². The van der Waals surface area contributed by atoms with Crippen molar-refractivity contribution in [2.75, 3.05) is 53.6 Å². The van der Waals surface area contributed by atoms with E-state index in [0.29, 0.717) is 38.5 Å². The zero-order valence-corrected chi connectivity index (χ0v) is 27.1. The lowest BCUT2D eigenvalue weighted by molar-refractivity contribution is 0.0512. The summed E-state index contributed by atoms with van der Waals surface area (Å²) >= 11 is 0. The highest BCUT2D eigenvalue weighted by atomic mass is 16.5. The number of fused-ring (bicyclic) bond motifs is 2. The first-order valence-electron chi connectivity index (χ1n) is 16.4. The lowest BCUT2D eigenvalue weighted by atomic mass is 9.95. The second-order valence-corrected chi connectivity index (χ2v) is 12.3. The van der Waals surface area contributed by atoms with E-state index in [4.69, 9.17) is 14.2 Å². The Morgan fingerprint density at radius 1 is 1.04 bits per heavy atom. The van der Waals surface area contributed by atoms with Gasteiger partial charge in [0.25, 0.3) is 0 Å². The molecule has 0 saturated carbocycles. The van der Waals surface area contributed by atoms with E-state index >= 15 is 0 Å². The molecule has 1 N–H and O–H groups in total. The van der Waals surface area contributed by atoms with Gasteiger partial charge in [-0.2, -0.15) is 0 Å². The van der Waals surface area contributed by atoms with Gasteiger partial charge in [-0.1, -0.05) is 54.6 Å². The number of carbonyl (C=O) groups is 1. The van der Waals surface area contributed by atoms with Crippen molar-refractivity contribution in [2.45, 2.75) is 52.1 Å². The van der Waals surface area contributed by atoms with Crippen molar-refractivity contribution in [3.63, 3.8) is 0 Å². The standard InChI is InChI=1S/C37H46N4O4/c1-5-44-37(42)36-30(18-12-24-45-33-19-10-14-27-13-6-7-15-28(27)33)29-16-11-17-31-34-26(2)38-41(22-21-39(3)4)32(34)25-43-23-9-8-20-40(36)35(29)31/h6-7,10-11,13-17,19,26,38H,5,8-9,12,18,20-25H2,1-4H3. The van der Waals surface area contributed by atoms with E-state index in [0.717, 1.165) is 72.1 Å². The van der Waals surface area contributed by atoms with Crippen molar-refractivity contribution in [1.82, 2.24) is 19.9 Å². The maximum Gasteiger partial charge on any atom is 0.355 e. The van der Waals surface area contributed by atoms with E-state index in [2.05, 4.69) is 77.3 Å². The van der Waals surface area contributed by atoms with E-state index < -0.39 is 0 Å². The summed E-state index contributed by atoms with van der Waals surface area (Å²) < 4.78 is 20.5. The smallest absolute Gasteiger partial charge is 0.355 e. The molecule has 6 rings (SSSR count). The van der Waals surface area contributed by atoms with Crippen molar-refractivity contribution < 1.29 is 19.0 Å². The number of hydrogen-bond donors (Lipinski definition) is 1. The number of aromatic nitrogens is 1. The molecule has 2 aliphatic heterocycles. The highest BCUT2D eigenvalue weighted by Crippen LogP contribution is 2.39. The normalized spacial score (nSPS) is 17.2. The number of nitrogens with zero attached hydrogens (tertiary/aromatic N) is 3. The third-order valence-corrected chi connectivity index (χ3v) is 8.87. The summed E-state index contributed by atoms with van der Waals surface area (Å²) in [6.45, 7) is 8.72. The van der Waals surface area contributed by atoms with Gasteiger partial charge in [0.1, 0.15) is 11.4 Å². The van der Waals surface area contributed by atoms with Gasteiger partial charge in [-0.15, -0.1) is 0 Å². The average molecular weight is 611 g/mol. The molecule has 45 heavy (non-hydrogen) atoms. The van der Waals surface area contributed by atoms with E-state index in [1.165, 1.54) is 16.7 Å². The van der Waals surface area contributed by atoms with Gasteiger partial charge in [-0.3, -0.25) is 0 Å². The summed E-state index contributed by atoms with van der Waals surface area (Å²) in [6, 6.07) is 21.1. The molecular formula is C37H46N4O4. The molecule has 1 aromatic heterocycles. The number of nitrogens with one attached hydrogen (secondary N) is 1. The van der Waals surface area contributed by atoms with Gasteiger partial charge in [0, 0.05) is 48.2 Å². The molecule has 1 unspecified atom stereocenters. The molecule has 2 aliphatic rings. The Labute approximate surface area is 266 Å². The highest BCUT2D eigenvalue weighted by molar-refractivity contribution is 6.03. The first kappa shape index (κ1) is 31.1. The maximum atomic E-state index is 13.7. The lowest BCUT2D eigenvalue weighted by Crippen LogP contribution is -2.40. The summed E-state index contributed by atoms with van der Waals surface area (Å²) in [6.07, 6.45) is 3.32. The van der Waals surface area contributed by atoms with Crippen LogP contribution in [0.25, 0.3) is 27.2 Å². The maximum absolute atomic E-state index is 13.7. The van der Waals surface area contributed by atoms with Gasteiger partial charge < -0.3 is 28.7 Å². The van der Waals surface area contributed by atoms with E-state index in [9.17, 15) is 4.79 Å². The van der Waals surface area contributed by atoms with Gasteiger partial charge in [0.2, 0.25) is 0 Å². The fraction of sp³-hybridized carbons (Fsp3) is 0.432. The number of ether oxygens (including phenoxy) is 3. The van der Waals surface area contributed by atoms with Crippen LogP contribution in [0.5, 0.6) is 5.75 Å². The molecule has 1 atom stereocenters. The number of likely N-dealkylation sites (N-methyl/N-ethyl adjacent to an activating group) is 1. The minimum atomic E-state index is -0.254.